The van der Waals surface area contributed by atoms with Crippen LogP contribution in [0, 0.1) is 12.3 Å². The summed E-state index contributed by atoms with van der Waals surface area (Å²) >= 11 is 0. The third-order valence-electron chi connectivity index (χ3n) is 4.71. The molecule has 94 valence electrons. The summed E-state index contributed by atoms with van der Waals surface area (Å²) in [5.74, 6) is 0. The van der Waals surface area contributed by atoms with Crippen LogP contribution in [0.4, 0.5) is 0 Å². The standard InChI is InChI=1S/C16H19NO/c1-12-7-3-4-8-13(12)15-9-5-6-10-16(15,18-2)14(17)11-15/h3-4,6-8,10,17H,5,9,11H2,1-2H3/t15-,16?/m0/s1. The molecule has 1 aromatic carbocycles. The molecule has 0 bridgehead atoms. The van der Waals surface area contributed by atoms with Crippen molar-refractivity contribution >= 4 is 5.71 Å². The maximum Gasteiger partial charge on any atom is 0.133 e. The monoisotopic (exact) mass is 241 g/mol. The molecule has 1 fully saturated rings. The number of methoxy groups -OCH3 is 1. The molecule has 1 aromatic rings. The normalized spacial score (nSPS) is 34.0. The first kappa shape index (κ1) is 11.7. The van der Waals surface area contributed by atoms with E-state index >= 15 is 0 Å². The number of hydrogen-bond donors (Lipinski definition) is 1. The van der Waals surface area contributed by atoms with Crippen molar-refractivity contribution in [3.8, 4) is 0 Å². The van der Waals surface area contributed by atoms with E-state index in [1.807, 2.05) is 0 Å². The minimum Gasteiger partial charge on any atom is -0.367 e. The second-order valence-electron chi connectivity index (χ2n) is 5.43. The Morgan fingerprint density at radius 1 is 1.28 bits per heavy atom. The van der Waals surface area contributed by atoms with Crippen LogP contribution in [0.15, 0.2) is 36.4 Å². The molecule has 0 heterocycles. The molecule has 2 atom stereocenters. The highest BCUT2D eigenvalue weighted by Crippen LogP contribution is 2.57. The molecule has 1 saturated carbocycles. The first-order chi connectivity index (χ1) is 8.66. The second kappa shape index (κ2) is 3.79. The van der Waals surface area contributed by atoms with Gasteiger partial charge in [-0.3, -0.25) is 0 Å². The Hall–Kier alpha value is -1.41. The Bertz CT molecular complexity index is 534. The molecular formula is C16H19NO. The van der Waals surface area contributed by atoms with E-state index in [0.717, 1.165) is 19.3 Å². The summed E-state index contributed by atoms with van der Waals surface area (Å²) in [7, 11) is 1.73. The van der Waals surface area contributed by atoms with E-state index in [1.165, 1.54) is 11.1 Å². The lowest BCUT2D eigenvalue weighted by molar-refractivity contribution is -0.0227. The average Bonchev–Trinajstić information content (AvgIpc) is 2.38. The summed E-state index contributed by atoms with van der Waals surface area (Å²) in [4.78, 5) is 0. The largest absolute Gasteiger partial charge is 0.367 e. The van der Waals surface area contributed by atoms with Crippen LogP contribution in [0.5, 0.6) is 0 Å². The summed E-state index contributed by atoms with van der Waals surface area (Å²) in [6.45, 7) is 2.16. The van der Waals surface area contributed by atoms with E-state index in [4.69, 9.17) is 10.1 Å². The van der Waals surface area contributed by atoms with Gasteiger partial charge in [0.05, 0.1) is 0 Å². The van der Waals surface area contributed by atoms with E-state index in [2.05, 4.69) is 43.3 Å². The van der Waals surface area contributed by atoms with E-state index in [0.29, 0.717) is 5.71 Å². The van der Waals surface area contributed by atoms with Crippen LogP contribution in [0.1, 0.15) is 30.4 Å². The van der Waals surface area contributed by atoms with Crippen molar-refractivity contribution in [1.29, 1.82) is 5.41 Å². The molecule has 0 radical (unpaired) electrons. The van der Waals surface area contributed by atoms with Crippen molar-refractivity contribution in [2.75, 3.05) is 7.11 Å². The molecule has 1 N–H and O–H groups in total. The van der Waals surface area contributed by atoms with Crippen LogP contribution in [0.25, 0.3) is 0 Å². The Morgan fingerprint density at radius 2 is 2.06 bits per heavy atom. The van der Waals surface area contributed by atoms with Crippen LogP contribution in [-0.4, -0.2) is 18.4 Å². The molecule has 18 heavy (non-hydrogen) atoms. The van der Waals surface area contributed by atoms with Gasteiger partial charge in [-0.25, -0.2) is 0 Å². The number of aryl methyl sites for hydroxylation is 1. The number of allylic oxidation sites excluding steroid dienone is 1. The third kappa shape index (κ3) is 1.19. The Labute approximate surface area is 108 Å². The van der Waals surface area contributed by atoms with Gasteiger partial charge >= 0.3 is 0 Å². The van der Waals surface area contributed by atoms with Crippen molar-refractivity contribution in [1.82, 2.24) is 0 Å². The lowest BCUT2D eigenvalue weighted by Crippen LogP contribution is -2.68. The molecule has 0 amide bonds. The van der Waals surface area contributed by atoms with Gasteiger partial charge in [0.15, 0.2) is 0 Å². The number of nitrogens with one attached hydrogen (secondary N) is 1. The van der Waals surface area contributed by atoms with Gasteiger partial charge in [0.1, 0.15) is 5.60 Å². The number of benzene rings is 1. The molecule has 2 aliphatic carbocycles. The topological polar surface area (TPSA) is 33.1 Å². The summed E-state index contributed by atoms with van der Waals surface area (Å²) in [5, 5.41) is 8.17. The minimum atomic E-state index is -0.489. The molecule has 1 unspecified atom stereocenters. The Morgan fingerprint density at radius 3 is 2.72 bits per heavy atom. The fourth-order valence-electron chi connectivity index (χ4n) is 3.79. The highest BCUT2D eigenvalue weighted by molar-refractivity contribution is 6.02. The van der Waals surface area contributed by atoms with Gasteiger partial charge in [-0.15, -0.1) is 0 Å². The van der Waals surface area contributed by atoms with Crippen LogP contribution >= 0.6 is 0 Å². The lowest BCUT2D eigenvalue weighted by atomic mass is 9.48. The summed E-state index contributed by atoms with van der Waals surface area (Å²) in [6, 6.07) is 8.53. The molecule has 2 nitrogen and oxygen atoms in total. The van der Waals surface area contributed by atoms with E-state index in [9.17, 15) is 0 Å². The second-order valence-corrected chi connectivity index (χ2v) is 5.43. The summed E-state index contributed by atoms with van der Waals surface area (Å²) in [5.41, 5.74) is 2.87. The zero-order valence-corrected chi connectivity index (χ0v) is 11.0. The predicted octanol–water partition coefficient (Wildman–Crippen LogP) is 3.39. The fourth-order valence-corrected chi connectivity index (χ4v) is 3.79. The lowest BCUT2D eigenvalue weighted by Gasteiger charge is -2.59. The van der Waals surface area contributed by atoms with E-state index in [1.54, 1.807) is 7.11 Å². The summed E-state index contributed by atoms with van der Waals surface area (Å²) < 4.78 is 5.79. The minimum absolute atomic E-state index is 0.0150. The number of ether oxygens (including phenoxy) is 1. The number of rotatable bonds is 2. The van der Waals surface area contributed by atoms with Crippen molar-refractivity contribution < 1.29 is 4.74 Å². The Balaban J connectivity index is 2.18. The quantitative estimate of drug-likeness (QED) is 0.791. The molecule has 0 aromatic heterocycles. The SMILES string of the molecule is COC12C=CCC[C@@]1(c1ccccc1C)CC2=N. The highest BCUT2D eigenvalue weighted by Gasteiger charge is 2.64. The average molecular weight is 241 g/mol. The van der Waals surface area contributed by atoms with Crippen molar-refractivity contribution in [2.45, 2.75) is 37.2 Å². The van der Waals surface area contributed by atoms with E-state index < -0.39 is 5.60 Å². The van der Waals surface area contributed by atoms with Crippen LogP contribution in [0.3, 0.4) is 0 Å². The molecule has 2 heteroatoms. The molecule has 0 spiro atoms. The number of hydrogen-bond acceptors (Lipinski definition) is 2. The molecular weight excluding hydrogens is 222 g/mol. The zero-order chi connectivity index (χ0) is 12.8. The maximum absolute atomic E-state index is 8.17. The number of fused-ring (bicyclic) bond motifs is 1. The highest BCUT2D eigenvalue weighted by atomic mass is 16.5. The van der Waals surface area contributed by atoms with Gasteiger partial charge in [0.2, 0.25) is 0 Å². The molecule has 2 aliphatic rings. The van der Waals surface area contributed by atoms with Crippen LogP contribution < -0.4 is 0 Å². The van der Waals surface area contributed by atoms with Crippen molar-refractivity contribution in [3.63, 3.8) is 0 Å². The van der Waals surface area contributed by atoms with E-state index in [-0.39, 0.29) is 5.41 Å². The Kier molecular flexibility index (Phi) is 2.46. The van der Waals surface area contributed by atoms with Crippen LogP contribution in [0.2, 0.25) is 0 Å². The zero-order valence-electron chi connectivity index (χ0n) is 11.0. The van der Waals surface area contributed by atoms with Gasteiger partial charge in [0.25, 0.3) is 0 Å². The van der Waals surface area contributed by atoms with Crippen LogP contribution in [-0.2, 0) is 10.2 Å². The third-order valence-corrected chi connectivity index (χ3v) is 4.71. The predicted molar refractivity (Wildman–Crippen MR) is 73.3 cm³/mol. The van der Waals surface area contributed by atoms with Crippen molar-refractivity contribution in [2.24, 2.45) is 0 Å². The molecule has 0 saturated heterocycles. The fraction of sp³-hybridized carbons (Fsp3) is 0.438. The van der Waals surface area contributed by atoms with Gasteiger partial charge in [-0.05, 0) is 30.9 Å². The molecule has 0 aliphatic heterocycles. The molecule has 3 rings (SSSR count). The summed E-state index contributed by atoms with van der Waals surface area (Å²) in [6.07, 6.45) is 7.25. The van der Waals surface area contributed by atoms with Gasteiger partial charge in [0, 0.05) is 24.7 Å². The van der Waals surface area contributed by atoms with Crippen molar-refractivity contribution in [3.05, 3.63) is 47.5 Å². The first-order valence-corrected chi connectivity index (χ1v) is 6.53. The van der Waals surface area contributed by atoms with Gasteiger partial charge < -0.3 is 10.1 Å². The first-order valence-electron chi connectivity index (χ1n) is 6.53. The smallest absolute Gasteiger partial charge is 0.133 e. The van der Waals surface area contributed by atoms with Gasteiger partial charge in [-0.2, -0.15) is 0 Å². The van der Waals surface area contributed by atoms with Gasteiger partial charge in [-0.1, -0.05) is 36.4 Å². The maximum atomic E-state index is 8.17.